The highest BCUT2D eigenvalue weighted by Gasteiger charge is 2.07. The first kappa shape index (κ1) is 19.2. The van der Waals surface area contributed by atoms with E-state index in [1.165, 1.54) is 0 Å². The standard InChI is InChI=1S/C13H26N6.HI/c1-13(2,3)17-9-8-15-12(14-4)16-10-11-6-7-18-19(11)5;/h6-7,17H,8-10H2,1-5H3,(H2,14,15,16);1H. The normalized spacial score (nSPS) is 11.9. The van der Waals surface area contributed by atoms with Crippen LogP contribution in [-0.4, -0.2) is 41.4 Å². The van der Waals surface area contributed by atoms with Gasteiger partial charge in [-0.2, -0.15) is 5.10 Å². The van der Waals surface area contributed by atoms with Gasteiger partial charge < -0.3 is 16.0 Å². The van der Waals surface area contributed by atoms with Crippen molar-refractivity contribution >= 4 is 29.9 Å². The Morgan fingerprint density at radius 1 is 1.30 bits per heavy atom. The highest BCUT2D eigenvalue weighted by Crippen LogP contribution is 1.96. The number of aryl methyl sites for hydroxylation is 1. The molecule has 0 radical (unpaired) electrons. The van der Waals surface area contributed by atoms with Crippen molar-refractivity contribution in [1.29, 1.82) is 0 Å². The lowest BCUT2D eigenvalue weighted by Crippen LogP contribution is -2.44. The highest BCUT2D eigenvalue weighted by molar-refractivity contribution is 14.0. The molecule has 0 aromatic carbocycles. The summed E-state index contributed by atoms with van der Waals surface area (Å²) in [5.41, 5.74) is 1.27. The molecule has 1 heterocycles. The zero-order valence-corrected chi connectivity index (χ0v) is 15.4. The molecule has 116 valence electrons. The van der Waals surface area contributed by atoms with Crippen molar-refractivity contribution < 1.29 is 0 Å². The second kappa shape index (κ2) is 9.17. The first-order valence-electron chi connectivity index (χ1n) is 6.59. The molecule has 7 heteroatoms. The van der Waals surface area contributed by atoms with Crippen LogP contribution < -0.4 is 16.0 Å². The fraction of sp³-hybridized carbons (Fsp3) is 0.692. The van der Waals surface area contributed by atoms with Crippen LogP contribution in [0, 0.1) is 0 Å². The van der Waals surface area contributed by atoms with Gasteiger partial charge in [-0.1, -0.05) is 0 Å². The van der Waals surface area contributed by atoms with Crippen LogP contribution in [0.25, 0.3) is 0 Å². The van der Waals surface area contributed by atoms with Gasteiger partial charge in [-0.05, 0) is 26.8 Å². The molecule has 1 aromatic rings. The van der Waals surface area contributed by atoms with Crippen molar-refractivity contribution in [2.24, 2.45) is 12.0 Å². The molecule has 0 unspecified atom stereocenters. The minimum atomic E-state index is 0. The molecule has 3 N–H and O–H groups in total. The Kier molecular flexibility index (Phi) is 8.79. The Morgan fingerprint density at radius 3 is 2.50 bits per heavy atom. The van der Waals surface area contributed by atoms with E-state index in [-0.39, 0.29) is 29.5 Å². The summed E-state index contributed by atoms with van der Waals surface area (Å²) in [5, 5.41) is 14.1. The Hall–Kier alpha value is -0.830. The lowest BCUT2D eigenvalue weighted by atomic mass is 10.1. The fourth-order valence-electron chi connectivity index (χ4n) is 1.59. The third-order valence-corrected chi connectivity index (χ3v) is 2.66. The average Bonchev–Trinajstić information content (AvgIpc) is 2.73. The lowest BCUT2D eigenvalue weighted by molar-refractivity contribution is 0.428. The minimum absolute atomic E-state index is 0. The number of nitrogens with zero attached hydrogens (tertiary/aromatic N) is 3. The summed E-state index contributed by atoms with van der Waals surface area (Å²) >= 11 is 0. The molecule has 0 saturated heterocycles. The molecule has 20 heavy (non-hydrogen) atoms. The maximum atomic E-state index is 4.19. The number of aliphatic imine (C=N–C) groups is 1. The summed E-state index contributed by atoms with van der Waals surface area (Å²) in [6.45, 7) is 8.91. The molecule has 0 atom stereocenters. The van der Waals surface area contributed by atoms with Gasteiger partial charge in [-0.15, -0.1) is 24.0 Å². The summed E-state index contributed by atoms with van der Waals surface area (Å²) in [6, 6.07) is 1.99. The molecule has 0 saturated carbocycles. The van der Waals surface area contributed by atoms with E-state index in [1.807, 2.05) is 17.8 Å². The summed E-state index contributed by atoms with van der Waals surface area (Å²) < 4.78 is 1.85. The van der Waals surface area contributed by atoms with E-state index in [9.17, 15) is 0 Å². The van der Waals surface area contributed by atoms with E-state index >= 15 is 0 Å². The zero-order chi connectivity index (χ0) is 14.3. The predicted molar refractivity (Wildman–Crippen MR) is 94.6 cm³/mol. The minimum Gasteiger partial charge on any atom is -0.355 e. The Morgan fingerprint density at radius 2 is 2.00 bits per heavy atom. The van der Waals surface area contributed by atoms with Crippen LogP contribution >= 0.6 is 24.0 Å². The van der Waals surface area contributed by atoms with Crippen LogP contribution in [0.4, 0.5) is 0 Å². The van der Waals surface area contributed by atoms with Crippen molar-refractivity contribution in [2.45, 2.75) is 32.9 Å². The van der Waals surface area contributed by atoms with Gasteiger partial charge in [0, 0.05) is 38.9 Å². The van der Waals surface area contributed by atoms with Crippen LogP contribution in [0.1, 0.15) is 26.5 Å². The van der Waals surface area contributed by atoms with E-state index in [1.54, 1.807) is 13.2 Å². The molecule has 0 aliphatic rings. The van der Waals surface area contributed by atoms with Crippen LogP contribution in [0.15, 0.2) is 17.3 Å². The molecule has 1 rings (SSSR count). The molecule has 0 fully saturated rings. The third-order valence-electron chi connectivity index (χ3n) is 2.66. The monoisotopic (exact) mass is 394 g/mol. The maximum absolute atomic E-state index is 4.19. The molecule has 1 aromatic heterocycles. The maximum Gasteiger partial charge on any atom is 0.191 e. The predicted octanol–water partition coefficient (Wildman–Crippen LogP) is 1.09. The van der Waals surface area contributed by atoms with Crippen LogP contribution in [0.2, 0.25) is 0 Å². The summed E-state index contributed by atoms with van der Waals surface area (Å²) in [4.78, 5) is 4.19. The van der Waals surface area contributed by atoms with Crippen molar-refractivity contribution in [3.05, 3.63) is 18.0 Å². The highest BCUT2D eigenvalue weighted by atomic mass is 127. The quantitative estimate of drug-likeness (QED) is 0.303. The van der Waals surface area contributed by atoms with Crippen molar-refractivity contribution in [3.63, 3.8) is 0 Å². The van der Waals surface area contributed by atoms with Gasteiger partial charge in [0.2, 0.25) is 0 Å². The summed E-state index contributed by atoms with van der Waals surface area (Å²) in [6.07, 6.45) is 1.79. The topological polar surface area (TPSA) is 66.3 Å². The van der Waals surface area contributed by atoms with Crippen molar-refractivity contribution in [3.8, 4) is 0 Å². The number of halogens is 1. The van der Waals surface area contributed by atoms with Crippen LogP contribution in [-0.2, 0) is 13.6 Å². The number of aromatic nitrogens is 2. The van der Waals surface area contributed by atoms with Gasteiger partial charge in [-0.3, -0.25) is 9.67 Å². The van der Waals surface area contributed by atoms with Gasteiger partial charge in [-0.25, -0.2) is 0 Å². The van der Waals surface area contributed by atoms with E-state index in [0.29, 0.717) is 6.54 Å². The second-order valence-corrected chi connectivity index (χ2v) is 5.48. The van der Waals surface area contributed by atoms with Gasteiger partial charge in [0.25, 0.3) is 0 Å². The number of hydrogen-bond acceptors (Lipinski definition) is 3. The number of rotatable bonds is 5. The second-order valence-electron chi connectivity index (χ2n) is 5.48. The number of guanidine groups is 1. The lowest BCUT2D eigenvalue weighted by Gasteiger charge is -2.21. The first-order valence-corrected chi connectivity index (χ1v) is 6.59. The van der Waals surface area contributed by atoms with Gasteiger partial charge >= 0.3 is 0 Å². The zero-order valence-electron chi connectivity index (χ0n) is 13.0. The average molecular weight is 394 g/mol. The molecule has 0 aliphatic heterocycles. The van der Waals surface area contributed by atoms with Gasteiger partial charge in [0.15, 0.2) is 5.96 Å². The Balaban J connectivity index is 0.00000361. The van der Waals surface area contributed by atoms with Crippen LogP contribution in [0.5, 0.6) is 0 Å². The largest absolute Gasteiger partial charge is 0.355 e. The van der Waals surface area contributed by atoms with Crippen molar-refractivity contribution in [2.75, 3.05) is 20.1 Å². The van der Waals surface area contributed by atoms with Crippen LogP contribution in [0.3, 0.4) is 0 Å². The molecule has 0 amide bonds. The van der Waals surface area contributed by atoms with E-state index < -0.39 is 0 Å². The van der Waals surface area contributed by atoms with Gasteiger partial charge in [0.05, 0.1) is 12.2 Å². The molecule has 0 spiro atoms. The fourth-order valence-corrected chi connectivity index (χ4v) is 1.59. The number of hydrogen-bond donors (Lipinski definition) is 3. The van der Waals surface area contributed by atoms with E-state index in [4.69, 9.17) is 0 Å². The Bertz CT molecular complexity index is 407. The van der Waals surface area contributed by atoms with E-state index in [2.05, 4.69) is 46.8 Å². The molecule has 0 bridgehead atoms. The SMILES string of the molecule is CN=C(NCCNC(C)(C)C)NCc1ccnn1C.I. The molecule has 6 nitrogen and oxygen atoms in total. The van der Waals surface area contributed by atoms with E-state index in [0.717, 1.165) is 24.7 Å². The molecular formula is C13H27IN6. The summed E-state index contributed by atoms with van der Waals surface area (Å²) in [7, 11) is 3.70. The number of nitrogens with one attached hydrogen (secondary N) is 3. The molecular weight excluding hydrogens is 367 g/mol. The summed E-state index contributed by atoms with van der Waals surface area (Å²) in [5.74, 6) is 0.803. The third kappa shape index (κ3) is 7.68. The van der Waals surface area contributed by atoms with Crippen molar-refractivity contribution in [1.82, 2.24) is 25.7 Å². The van der Waals surface area contributed by atoms with Gasteiger partial charge in [0.1, 0.15) is 0 Å². The molecule has 0 aliphatic carbocycles. The first-order chi connectivity index (χ1) is 8.92. The smallest absolute Gasteiger partial charge is 0.191 e. The Labute approximate surface area is 138 Å².